The van der Waals surface area contributed by atoms with Gasteiger partial charge in [-0.05, 0) is 94.5 Å². The molecule has 1 aliphatic rings. The second kappa shape index (κ2) is 6.72. The molecule has 0 aliphatic heterocycles. The molecule has 0 aromatic heterocycles. The summed E-state index contributed by atoms with van der Waals surface area (Å²) in [6.07, 6.45) is 0. The fourth-order valence-corrected chi connectivity index (χ4v) is 5.62. The van der Waals surface area contributed by atoms with Crippen LogP contribution in [0.2, 0.25) is 0 Å². The normalized spacial score (nSPS) is 12.0. The molecule has 4 heteroatoms. The first-order valence-corrected chi connectivity index (χ1v) is 10.1. The molecule has 2 aromatic carbocycles. The summed E-state index contributed by atoms with van der Waals surface area (Å²) < 4.78 is 0. The van der Waals surface area contributed by atoms with Gasteiger partial charge in [-0.25, -0.2) is 0 Å². The molecule has 0 saturated heterocycles. The lowest BCUT2D eigenvalue weighted by Gasteiger charge is -2.36. The molecule has 24 heavy (non-hydrogen) atoms. The summed E-state index contributed by atoms with van der Waals surface area (Å²) in [5.41, 5.74) is 14.9. The van der Waals surface area contributed by atoms with Gasteiger partial charge in [0.05, 0.1) is 0 Å². The Morgan fingerprint density at radius 2 is 0.583 bits per heavy atom. The zero-order valence-electron chi connectivity index (χ0n) is 14.3. The lowest BCUT2D eigenvalue weighted by molar-refractivity contribution is 1.12. The molecule has 0 atom stereocenters. The zero-order chi connectivity index (χ0) is 17.8. The van der Waals surface area contributed by atoms with Crippen molar-refractivity contribution in [1.82, 2.24) is 0 Å². The predicted octanol–water partition coefficient (Wildman–Crippen LogP) is 7.52. The zero-order valence-corrected chi connectivity index (χ0v) is 17.4. The van der Waals surface area contributed by atoms with Crippen molar-refractivity contribution < 1.29 is 0 Å². The molecule has 128 valence electrons. The first kappa shape index (κ1) is 18.4. The fraction of sp³-hybridized carbons (Fsp3) is 0.400. The maximum atomic E-state index is 6.24. The highest BCUT2D eigenvalue weighted by molar-refractivity contribution is 6.21. The Morgan fingerprint density at radius 1 is 0.417 bits per heavy atom. The molecular formula is C20H20Cl4. The number of alkyl halides is 4. The summed E-state index contributed by atoms with van der Waals surface area (Å²) in [4.78, 5) is 0. The summed E-state index contributed by atoms with van der Waals surface area (Å²) in [6.45, 7) is 8.61. The van der Waals surface area contributed by atoms with E-state index in [4.69, 9.17) is 46.4 Å². The summed E-state index contributed by atoms with van der Waals surface area (Å²) >= 11 is 25.0. The lowest BCUT2D eigenvalue weighted by Crippen LogP contribution is -2.15. The van der Waals surface area contributed by atoms with Gasteiger partial charge in [-0.3, -0.25) is 0 Å². The highest BCUT2D eigenvalue weighted by Crippen LogP contribution is 2.57. The maximum Gasteiger partial charge on any atom is 0.0480 e. The Hall–Kier alpha value is -0.400. The van der Waals surface area contributed by atoms with Gasteiger partial charge in [-0.1, -0.05) is 0 Å². The molecule has 0 N–H and O–H groups in total. The Labute approximate surface area is 164 Å². The first-order valence-electron chi connectivity index (χ1n) is 7.98. The van der Waals surface area contributed by atoms with Crippen LogP contribution in [-0.4, -0.2) is 0 Å². The molecule has 0 nitrogen and oxygen atoms in total. The Bertz CT molecular complexity index is 694. The van der Waals surface area contributed by atoms with E-state index in [1.54, 1.807) is 0 Å². The summed E-state index contributed by atoms with van der Waals surface area (Å²) in [7, 11) is 0. The summed E-state index contributed by atoms with van der Waals surface area (Å²) in [6, 6.07) is 0. The third kappa shape index (κ3) is 2.27. The molecule has 3 rings (SSSR count). The third-order valence-corrected chi connectivity index (χ3v) is 6.64. The van der Waals surface area contributed by atoms with E-state index >= 15 is 0 Å². The minimum atomic E-state index is 0.484. The number of rotatable bonds is 4. The van der Waals surface area contributed by atoms with E-state index in [1.165, 1.54) is 66.8 Å². The number of hydrogen-bond donors (Lipinski definition) is 0. The van der Waals surface area contributed by atoms with Crippen LogP contribution < -0.4 is 0 Å². The van der Waals surface area contributed by atoms with Gasteiger partial charge in [-0.2, -0.15) is 0 Å². The van der Waals surface area contributed by atoms with Crippen molar-refractivity contribution in [2.45, 2.75) is 51.2 Å². The molecule has 2 aromatic rings. The highest BCUT2D eigenvalue weighted by atomic mass is 35.5. The van der Waals surface area contributed by atoms with E-state index in [2.05, 4.69) is 27.7 Å². The van der Waals surface area contributed by atoms with Gasteiger partial charge in [0.2, 0.25) is 0 Å². The minimum Gasteiger partial charge on any atom is -0.122 e. The number of fused-ring (bicyclic) bond motifs is 4. The van der Waals surface area contributed by atoms with Crippen LogP contribution in [0.5, 0.6) is 0 Å². The van der Waals surface area contributed by atoms with E-state index in [-0.39, 0.29) is 0 Å². The van der Waals surface area contributed by atoms with Gasteiger partial charge in [0.25, 0.3) is 0 Å². The molecule has 0 spiro atoms. The third-order valence-electron chi connectivity index (χ3n) is 5.57. The monoisotopic (exact) mass is 400 g/mol. The van der Waals surface area contributed by atoms with E-state index in [1.807, 2.05) is 0 Å². The van der Waals surface area contributed by atoms with Crippen LogP contribution in [0.25, 0.3) is 22.3 Å². The van der Waals surface area contributed by atoms with Gasteiger partial charge in [-0.15, -0.1) is 46.4 Å². The molecule has 0 amide bonds. The average Bonchev–Trinajstić information content (AvgIpc) is 2.53. The largest absolute Gasteiger partial charge is 0.122 e. The van der Waals surface area contributed by atoms with Crippen LogP contribution in [0.3, 0.4) is 0 Å². The Morgan fingerprint density at radius 3 is 0.708 bits per heavy atom. The van der Waals surface area contributed by atoms with Crippen molar-refractivity contribution >= 4 is 46.4 Å². The fourth-order valence-electron chi connectivity index (χ4n) is 4.17. The molecule has 1 aliphatic carbocycles. The van der Waals surface area contributed by atoms with Gasteiger partial charge < -0.3 is 0 Å². The number of hydrogen-bond acceptors (Lipinski definition) is 0. The van der Waals surface area contributed by atoms with Crippen LogP contribution in [-0.2, 0) is 23.5 Å². The molecule has 0 saturated carbocycles. The van der Waals surface area contributed by atoms with Crippen LogP contribution in [0.4, 0.5) is 0 Å². The Balaban J connectivity index is 2.43. The molecule has 0 fully saturated rings. The topological polar surface area (TPSA) is 0 Å². The lowest BCUT2D eigenvalue weighted by atomic mass is 9.68. The molecule has 0 heterocycles. The van der Waals surface area contributed by atoms with Crippen molar-refractivity contribution in [1.29, 1.82) is 0 Å². The Kier molecular flexibility index (Phi) is 5.15. The van der Waals surface area contributed by atoms with Gasteiger partial charge in [0.1, 0.15) is 0 Å². The van der Waals surface area contributed by atoms with Crippen molar-refractivity contribution in [2.24, 2.45) is 0 Å². The highest BCUT2D eigenvalue weighted by Gasteiger charge is 2.34. The van der Waals surface area contributed by atoms with Crippen molar-refractivity contribution in [2.75, 3.05) is 0 Å². The van der Waals surface area contributed by atoms with E-state index in [0.29, 0.717) is 23.5 Å². The number of halogens is 4. The van der Waals surface area contributed by atoms with Gasteiger partial charge in [0, 0.05) is 23.5 Å². The van der Waals surface area contributed by atoms with Crippen molar-refractivity contribution in [3.05, 3.63) is 44.5 Å². The number of benzene rings is 2. The van der Waals surface area contributed by atoms with Crippen molar-refractivity contribution in [3.8, 4) is 22.3 Å². The maximum absolute atomic E-state index is 6.24. The van der Waals surface area contributed by atoms with E-state index in [9.17, 15) is 0 Å². The SMILES string of the molecule is Cc1c(CCl)c(CCl)c(C)c2c1-c1c(C)c(CCl)c(CCl)c(C)c1-2. The average molecular weight is 402 g/mol. The van der Waals surface area contributed by atoms with Crippen LogP contribution >= 0.6 is 46.4 Å². The molecule has 0 bridgehead atoms. The summed E-state index contributed by atoms with van der Waals surface area (Å²) in [5.74, 6) is 1.93. The molecular weight excluding hydrogens is 382 g/mol. The summed E-state index contributed by atoms with van der Waals surface area (Å²) in [5, 5.41) is 0. The van der Waals surface area contributed by atoms with Crippen LogP contribution in [0.15, 0.2) is 0 Å². The van der Waals surface area contributed by atoms with Crippen LogP contribution in [0, 0.1) is 27.7 Å². The van der Waals surface area contributed by atoms with Crippen LogP contribution in [0.1, 0.15) is 44.5 Å². The van der Waals surface area contributed by atoms with Gasteiger partial charge >= 0.3 is 0 Å². The first-order chi connectivity index (χ1) is 11.4. The molecule has 0 radical (unpaired) electrons. The standard InChI is InChI=1S/C20H20Cl4/c1-9-13(5-21)14(6-22)10(2)18-17(9)19-11(3)15(7-23)16(8-24)12(4)20(18)19/h5-8H2,1-4H3. The second-order valence-electron chi connectivity index (χ2n) is 6.45. The van der Waals surface area contributed by atoms with E-state index < -0.39 is 0 Å². The second-order valence-corrected chi connectivity index (χ2v) is 7.52. The minimum absolute atomic E-state index is 0.484. The van der Waals surface area contributed by atoms with Crippen molar-refractivity contribution in [3.63, 3.8) is 0 Å². The quantitative estimate of drug-likeness (QED) is 0.396. The van der Waals surface area contributed by atoms with E-state index in [0.717, 1.165) is 0 Å². The molecule has 0 unspecified atom stereocenters. The van der Waals surface area contributed by atoms with Gasteiger partial charge in [0.15, 0.2) is 0 Å². The predicted molar refractivity (Wildman–Crippen MR) is 108 cm³/mol. The smallest absolute Gasteiger partial charge is 0.0480 e.